The molecule has 0 amide bonds. The summed E-state index contributed by atoms with van der Waals surface area (Å²) in [4.78, 5) is 0. The van der Waals surface area contributed by atoms with E-state index in [1.165, 1.54) is 0 Å². The van der Waals surface area contributed by atoms with Crippen LogP contribution >= 0.6 is 0 Å². The third-order valence-electron chi connectivity index (χ3n) is 4.97. The number of anilines is 2. The number of nitrogen functional groups attached to an aromatic ring is 2. The molecule has 4 rings (SSSR count). The first-order chi connectivity index (χ1) is 12.6. The van der Waals surface area contributed by atoms with Gasteiger partial charge in [-0.25, -0.2) is 0 Å². The fourth-order valence-electron chi connectivity index (χ4n) is 3.67. The van der Waals surface area contributed by atoms with Crippen LogP contribution in [0.15, 0.2) is 91.0 Å². The van der Waals surface area contributed by atoms with E-state index in [0.29, 0.717) is 11.4 Å². The maximum Gasteiger partial charge on any atom is 0.0949 e. The SMILES string of the molecule is Nc1cc2ccccc2c(C(N)(c2ccccc2)c2ccccc2)c1N. The molecule has 0 aromatic heterocycles. The largest absolute Gasteiger partial charge is 0.397 e. The number of hydrogen-bond acceptors (Lipinski definition) is 3. The fraction of sp³-hybridized carbons (Fsp3) is 0.0435. The highest BCUT2D eigenvalue weighted by Crippen LogP contribution is 2.43. The zero-order valence-corrected chi connectivity index (χ0v) is 14.4. The molecule has 0 spiro atoms. The molecule has 0 atom stereocenters. The molecule has 0 unspecified atom stereocenters. The second-order valence-corrected chi connectivity index (χ2v) is 6.52. The van der Waals surface area contributed by atoms with E-state index >= 15 is 0 Å². The molecule has 0 aliphatic rings. The lowest BCUT2D eigenvalue weighted by atomic mass is 9.75. The third-order valence-corrected chi connectivity index (χ3v) is 4.97. The smallest absolute Gasteiger partial charge is 0.0949 e. The summed E-state index contributed by atoms with van der Waals surface area (Å²) in [7, 11) is 0. The van der Waals surface area contributed by atoms with Crippen LogP contribution in [0.2, 0.25) is 0 Å². The lowest BCUT2D eigenvalue weighted by molar-refractivity contribution is 0.661. The Kier molecular flexibility index (Phi) is 3.86. The third kappa shape index (κ3) is 2.41. The van der Waals surface area contributed by atoms with Crippen molar-refractivity contribution in [3.8, 4) is 0 Å². The van der Waals surface area contributed by atoms with Gasteiger partial charge in [0.2, 0.25) is 0 Å². The molecule has 26 heavy (non-hydrogen) atoms. The van der Waals surface area contributed by atoms with Crippen LogP contribution in [-0.2, 0) is 5.54 Å². The second kappa shape index (κ2) is 6.21. The zero-order valence-electron chi connectivity index (χ0n) is 14.4. The summed E-state index contributed by atoms with van der Waals surface area (Å²) < 4.78 is 0. The topological polar surface area (TPSA) is 78.1 Å². The second-order valence-electron chi connectivity index (χ2n) is 6.52. The van der Waals surface area contributed by atoms with Crippen molar-refractivity contribution in [2.75, 3.05) is 11.5 Å². The van der Waals surface area contributed by atoms with Gasteiger partial charge in [-0.2, -0.15) is 0 Å². The highest BCUT2D eigenvalue weighted by molar-refractivity contribution is 5.97. The van der Waals surface area contributed by atoms with Crippen molar-refractivity contribution in [3.05, 3.63) is 108 Å². The first-order valence-corrected chi connectivity index (χ1v) is 8.59. The minimum atomic E-state index is -0.915. The van der Waals surface area contributed by atoms with E-state index in [4.69, 9.17) is 17.2 Å². The summed E-state index contributed by atoms with van der Waals surface area (Å²) >= 11 is 0. The molecule has 0 saturated carbocycles. The average Bonchev–Trinajstić information content (AvgIpc) is 2.70. The van der Waals surface area contributed by atoms with Crippen molar-refractivity contribution in [2.24, 2.45) is 5.73 Å². The monoisotopic (exact) mass is 339 g/mol. The predicted molar refractivity (Wildman–Crippen MR) is 110 cm³/mol. The van der Waals surface area contributed by atoms with Crippen molar-refractivity contribution in [1.82, 2.24) is 0 Å². The highest BCUT2D eigenvalue weighted by Gasteiger charge is 2.35. The van der Waals surface area contributed by atoms with Crippen molar-refractivity contribution < 1.29 is 0 Å². The van der Waals surface area contributed by atoms with Crippen LogP contribution in [-0.4, -0.2) is 0 Å². The molecule has 4 aromatic carbocycles. The first-order valence-electron chi connectivity index (χ1n) is 8.59. The van der Waals surface area contributed by atoms with Gasteiger partial charge in [0, 0.05) is 5.56 Å². The van der Waals surface area contributed by atoms with Gasteiger partial charge < -0.3 is 17.2 Å². The number of fused-ring (bicyclic) bond motifs is 1. The van der Waals surface area contributed by atoms with Crippen LogP contribution in [0.5, 0.6) is 0 Å². The number of benzene rings is 4. The lowest BCUT2D eigenvalue weighted by Gasteiger charge is -2.34. The molecule has 6 N–H and O–H groups in total. The van der Waals surface area contributed by atoms with Crippen LogP contribution < -0.4 is 17.2 Å². The fourth-order valence-corrected chi connectivity index (χ4v) is 3.67. The van der Waals surface area contributed by atoms with Crippen LogP contribution in [0.3, 0.4) is 0 Å². The van der Waals surface area contributed by atoms with E-state index in [2.05, 4.69) is 0 Å². The van der Waals surface area contributed by atoms with Gasteiger partial charge >= 0.3 is 0 Å². The van der Waals surface area contributed by atoms with Gasteiger partial charge in [-0.05, 0) is 28.0 Å². The highest BCUT2D eigenvalue weighted by atomic mass is 14.8. The quantitative estimate of drug-likeness (QED) is 0.385. The Morgan fingerprint density at radius 1 is 0.615 bits per heavy atom. The predicted octanol–water partition coefficient (Wildman–Crippen LogP) is 4.25. The van der Waals surface area contributed by atoms with Crippen LogP contribution in [0, 0.1) is 0 Å². The van der Waals surface area contributed by atoms with Crippen molar-refractivity contribution >= 4 is 22.1 Å². The summed E-state index contributed by atoms with van der Waals surface area (Å²) in [5, 5.41) is 2.03. The van der Waals surface area contributed by atoms with Gasteiger partial charge in [0.25, 0.3) is 0 Å². The molecule has 0 fully saturated rings. The Morgan fingerprint density at radius 2 is 1.12 bits per heavy atom. The van der Waals surface area contributed by atoms with E-state index in [-0.39, 0.29) is 0 Å². The first kappa shape index (κ1) is 16.2. The Bertz CT molecular complexity index is 1020. The van der Waals surface area contributed by atoms with Crippen molar-refractivity contribution in [3.63, 3.8) is 0 Å². The van der Waals surface area contributed by atoms with Gasteiger partial charge in [0.1, 0.15) is 0 Å². The van der Waals surface area contributed by atoms with Crippen molar-refractivity contribution in [2.45, 2.75) is 5.54 Å². The van der Waals surface area contributed by atoms with Crippen molar-refractivity contribution in [1.29, 1.82) is 0 Å². The van der Waals surface area contributed by atoms with E-state index < -0.39 is 5.54 Å². The summed E-state index contributed by atoms with van der Waals surface area (Å²) in [5.41, 5.74) is 22.9. The lowest BCUT2D eigenvalue weighted by Crippen LogP contribution is -2.40. The normalized spacial score (nSPS) is 11.6. The van der Waals surface area contributed by atoms with Gasteiger partial charge in [0.15, 0.2) is 0 Å². The molecular weight excluding hydrogens is 318 g/mol. The summed E-state index contributed by atoms with van der Waals surface area (Å²) in [5.74, 6) is 0. The maximum atomic E-state index is 7.16. The standard InChI is InChI=1S/C23H21N3/c24-20-15-16-9-7-8-14-19(16)21(22(20)25)23(26,17-10-3-1-4-11-17)18-12-5-2-6-13-18/h1-15H,24-26H2. The molecular formula is C23H21N3. The average molecular weight is 339 g/mol. The molecule has 3 heteroatoms. The minimum absolute atomic E-state index is 0.527. The van der Waals surface area contributed by atoms with Gasteiger partial charge in [0.05, 0.1) is 16.9 Å². The molecule has 0 radical (unpaired) electrons. The van der Waals surface area contributed by atoms with Gasteiger partial charge in [-0.15, -0.1) is 0 Å². The molecule has 0 heterocycles. The van der Waals surface area contributed by atoms with E-state index in [0.717, 1.165) is 27.5 Å². The molecule has 0 aliphatic heterocycles. The number of rotatable bonds is 3. The summed E-state index contributed by atoms with van der Waals surface area (Å²) in [6, 6.07) is 30.0. The molecule has 3 nitrogen and oxygen atoms in total. The van der Waals surface area contributed by atoms with Crippen LogP contribution in [0.1, 0.15) is 16.7 Å². The van der Waals surface area contributed by atoms with Crippen LogP contribution in [0.25, 0.3) is 10.8 Å². The summed E-state index contributed by atoms with van der Waals surface area (Å²) in [6.07, 6.45) is 0. The van der Waals surface area contributed by atoms with E-state index in [1.807, 2.05) is 91.0 Å². The number of nitrogens with two attached hydrogens (primary N) is 3. The molecule has 128 valence electrons. The Labute approximate surface area is 153 Å². The molecule has 4 aromatic rings. The minimum Gasteiger partial charge on any atom is -0.397 e. The Balaban J connectivity index is 2.16. The maximum absolute atomic E-state index is 7.16. The molecule has 0 bridgehead atoms. The number of hydrogen-bond donors (Lipinski definition) is 3. The zero-order chi connectivity index (χ0) is 18.1. The Hall–Kier alpha value is -3.30. The van der Waals surface area contributed by atoms with Gasteiger partial charge in [-0.1, -0.05) is 84.9 Å². The molecule has 0 aliphatic carbocycles. The van der Waals surface area contributed by atoms with E-state index in [9.17, 15) is 0 Å². The van der Waals surface area contributed by atoms with Crippen LogP contribution in [0.4, 0.5) is 11.4 Å². The molecule has 0 saturated heterocycles. The van der Waals surface area contributed by atoms with E-state index in [1.54, 1.807) is 0 Å². The Morgan fingerprint density at radius 3 is 1.69 bits per heavy atom. The summed E-state index contributed by atoms with van der Waals surface area (Å²) in [6.45, 7) is 0. The van der Waals surface area contributed by atoms with Gasteiger partial charge in [-0.3, -0.25) is 0 Å².